The Kier molecular flexibility index (Phi) is 4.69. The summed E-state index contributed by atoms with van der Waals surface area (Å²) < 4.78 is 20.5. The van der Waals surface area contributed by atoms with E-state index in [4.69, 9.17) is 20.4 Å². The van der Waals surface area contributed by atoms with Gasteiger partial charge in [-0.25, -0.2) is 14.4 Å². The van der Waals surface area contributed by atoms with Crippen molar-refractivity contribution in [2.75, 3.05) is 17.3 Å². The van der Waals surface area contributed by atoms with Crippen LogP contribution < -0.4 is 20.7 Å². The molecule has 2 unspecified atom stereocenters. The number of ether oxygens (including phenoxy) is 1. The molecule has 0 spiro atoms. The quantitative estimate of drug-likeness (QED) is 0.490. The van der Waals surface area contributed by atoms with Crippen molar-refractivity contribution < 1.29 is 9.13 Å². The zero-order valence-electron chi connectivity index (χ0n) is 18.7. The third-order valence-corrected chi connectivity index (χ3v) is 7.02. The van der Waals surface area contributed by atoms with Gasteiger partial charge in [-0.1, -0.05) is 0 Å². The number of hydrogen-bond donors (Lipinski definition) is 2. The number of aromatic nitrogens is 4. The number of piperidine rings is 1. The van der Waals surface area contributed by atoms with Crippen LogP contribution in [0.5, 0.6) is 11.8 Å². The Hall–Kier alpha value is -3.33. The molecule has 3 aliphatic rings. The van der Waals surface area contributed by atoms with Crippen molar-refractivity contribution in [2.24, 2.45) is 5.73 Å². The van der Waals surface area contributed by atoms with Gasteiger partial charge in [0.2, 0.25) is 0 Å². The molecular weight excluding hydrogens is 421 g/mol. The first kappa shape index (κ1) is 20.3. The van der Waals surface area contributed by atoms with E-state index in [1.165, 1.54) is 6.07 Å². The summed E-state index contributed by atoms with van der Waals surface area (Å²) in [5, 5.41) is 3.13. The zero-order chi connectivity index (χ0) is 22.7. The van der Waals surface area contributed by atoms with Crippen LogP contribution in [0.4, 0.5) is 15.9 Å². The second-order valence-electron chi connectivity index (χ2n) is 9.15. The molecule has 8 nitrogen and oxygen atoms in total. The molecule has 6 rings (SSSR count). The predicted octanol–water partition coefficient (Wildman–Crippen LogP) is 3.58. The topological polar surface area (TPSA) is 102 Å². The maximum Gasteiger partial charge on any atom is 0.324 e. The molecule has 4 heterocycles. The predicted molar refractivity (Wildman–Crippen MR) is 123 cm³/mol. The molecule has 1 aliphatic carbocycles. The number of nitrogens with one attached hydrogen (secondary N) is 1. The largest absolute Gasteiger partial charge is 0.421 e. The summed E-state index contributed by atoms with van der Waals surface area (Å²) in [5.74, 6) is 1.68. The first-order chi connectivity index (χ1) is 16.0. The van der Waals surface area contributed by atoms with Crippen LogP contribution in [0.25, 0.3) is 11.1 Å². The number of anilines is 2. The number of fused-ring (bicyclic) bond motifs is 5. The molecule has 0 amide bonds. The van der Waals surface area contributed by atoms with Gasteiger partial charge in [0.15, 0.2) is 5.75 Å². The number of aryl methyl sites for hydroxylation is 1. The smallest absolute Gasteiger partial charge is 0.324 e. The summed E-state index contributed by atoms with van der Waals surface area (Å²) >= 11 is 0. The summed E-state index contributed by atoms with van der Waals surface area (Å²) in [6, 6.07) is 4.22. The normalized spacial score (nSPS) is 22.8. The third kappa shape index (κ3) is 3.38. The molecule has 33 heavy (non-hydrogen) atoms. The summed E-state index contributed by atoms with van der Waals surface area (Å²) in [5.41, 5.74) is 10.7. The fraction of sp³-hybridized carbons (Fsp3) is 0.417. The summed E-state index contributed by atoms with van der Waals surface area (Å²) in [6.07, 6.45) is 7.83. The molecule has 0 radical (unpaired) electrons. The van der Waals surface area contributed by atoms with Crippen molar-refractivity contribution in [3.63, 3.8) is 0 Å². The average molecular weight is 448 g/mol. The minimum atomic E-state index is -0.280. The molecular formula is C24H26FN7O. The second kappa shape index (κ2) is 7.62. The lowest BCUT2D eigenvalue weighted by atomic mass is 9.97. The molecule has 3 aromatic rings. The Balaban J connectivity index is 1.50. The van der Waals surface area contributed by atoms with Gasteiger partial charge in [-0.15, -0.1) is 0 Å². The summed E-state index contributed by atoms with van der Waals surface area (Å²) in [6.45, 7) is 1.82. The maximum absolute atomic E-state index is 14.5. The van der Waals surface area contributed by atoms with E-state index in [-0.39, 0.29) is 17.9 Å². The van der Waals surface area contributed by atoms with Crippen LogP contribution in [0.3, 0.4) is 0 Å². The van der Waals surface area contributed by atoms with E-state index in [2.05, 4.69) is 20.2 Å². The third-order valence-electron chi connectivity index (χ3n) is 7.02. The van der Waals surface area contributed by atoms with Gasteiger partial charge < -0.3 is 20.7 Å². The van der Waals surface area contributed by atoms with E-state index in [9.17, 15) is 4.39 Å². The molecule has 2 fully saturated rings. The standard InChI is InChI=1S/C24H26FN7O/c1-12-28-10-17(11-29-12)33-24-30-21-9-18-19(5-13(25)6-20(18)27-2)22(21)23(31-24)32-15-3-4-16(32)8-14(26)7-15/h5-6,10-11,14-16,27H,3-4,7-9,26H2,1-2H3. The molecule has 0 saturated carbocycles. The van der Waals surface area contributed by atoms with E-state index < -0.39 is 0 Å². The molecule has 2 atom stereocenters. The molecule has 170 valence electrons. The molecule has 9 heteroatoms. The number of hydrogen-bond acceptors (Lipinski definition) is 8. The Bertz CT molecular complexity index is 1220. The van der Waals surface area contributed by atoms with Crippen LogP contribution in [0.2, 0.25) is 0 Å². The Morgan fingerprint density at radius 1 is 1.12 bits per heavy atom. The number of halogens is 1. The lowest BCUT2D eigenvalue weighted by Crippen LogP contribution is -2.48. The first-order valence-corrected chi connectivity index (χ1v) is 11.4. The molecule has 1 aromatic carbocycles. The molecule has 2 aromatic heterocycles. The van der Waals surface area contributed by atoms with Crippen LogP contribution in [0.1, 0.15) is 42.8 Å². The highest BCUT2D eigenvalue weighted by molar-refractivity contribution is 5.88. The van der Waals surface area contributed by atoms with Crippen molar-refractivity contribution >= 4 is 11.5 Å². The van der Waals surface area contributed by atoms with E-state index in [0.29, 0.717) is 30.1 Å². The zero-order valence-corrected chi connectivity index (χ0v) is 18.7. The minimum absolute atomic E-state index is 0.203. The molecule has 2 aliphatic heterocycles. The minimum Gasteiger partial charge on any atom is -0.421 e. The van der Waals surface area contributed by atoms with Gasteiger partial charge in [0.1, 0.15) is 17.5 Å². The van der Waals surface area contributed by atoms with Crippen LogP contribution in [-0.2, 0) is 6.42 Å². The Labute approximate surface area is 191 Å². The van der Waals surface area contributed by atoms with Gasteiger partial charge in [0, 0.05) is 42.8 Å². The monoisotopic (exact) mass is 447 g/mol. The van der Waals surface area contributed by atoms with Crippen LogP contribution in [0.15, 0.2) is 24.5 Å². The summed E-state index contributed by atoms with van der Waals surface area (Å²) in [7, 11) is 1.81. The van der Waals surface area contributed by atoms with Gasteiger partial charge in [-0.3, -0.25) is 0 Å². The van der Waals surface area contributed by atoms with Gasteiger partial charge in [0.05, 0.1) is 18.1 Å². The van der Waals surface area contributed by atoms with Gasteiger partial charge >= 0.3 is 6.01 Å². The van der Waals surface area contributed by atoms with Gasteiger partial charge in [-0.2, -0.15) is 9.97 Å². The van der Waals surface area contributed by atoms with Crippen molar-refractivity contribution in [3.05, 3.63) is 47.4 Å². The highest BCUT2D eigenvalue weighted by Crippen LogP contribution is 2.49. The van der Waals surface area contributed by atoms with E-state index in [1.54, 1.807) is 18.5 Å². The van der Waals surface area contributed by atoms with Crippen molar-refractivity contribution in [3.8, 4) is 22.9 Å². The molecule has 2 bridgehead atoms. The fourth-order valence-corrected chi connectivity index (χ4v) is 5.65. The average Bonchev–Trinajstić information content (AvgIpc) is 3.29. The van der Waals surface area contributed by atoms with Crippen LogP contribution in [0, 0.1) is 12.7 Å². The van der Waals surface area contributed by atoms with E-state index >= 15 is 0 Å². The first-order valence-electron chi connectivity index (χ1n) is 11.4. The lowest BCUT2D eigenvalue weighted by Gasteiger charge is -2.39. The number of benzene rings is 1. The molecule has 3 N–H and O–H groups in total. The number of nitrogens with two attached hydrogens (primary N) is 1. The lowest BCUT2D eigenvalue weighted by molar-refractivity contribution is 0.405. The highest BCUT2D eigenvalue weighted by Gasteiger charge is 2.43. The number of rotatable bonds is 4. The Morgan fingerprint density at radius 2 is 1.85 bits per heavy atom. The SMILES string of the molecule is CNc1cc(F)cc2c1Cc1nc(Oc3cnc(C)nc3)nc(N3C4CCC3CC(N)C4)c1-2. The van der Waals surface area contributed by atoms with Crippen LogP contribution in [-0.4, -0.2) is 45.1 Å². The van der Waals surface area contributed by atoms with Crippen molar-refractivity contribution in [1.29, 1.82) is 0 Å². The maximum atomic E-state index is 14.5. The second-order valence-corrected chi connectivity index (χ2v) is 9.15. The summed E-state index contributed by atoms with van der Waals surface area (Å²) in [4.78, 5) is 20.4. The van der Waals surface area contributed by atoms with Crippen molar-refractivity contribution in [2.45, 2.75) is 57.2 Å². The fourth-order valence-electron chi connectivity index (χ4n) is 5.65. The molecule has 2 saturated heterocycles. The number of nitrogens with zero attached hydrogens (tertiary/aromatic N) is 5. The van der Waals surface area contributed by atoms with Gasteiger partial charge in [0.25, 0.3) is 0 Å². The van der Waals surface area contributed by atoms with Crippen LogP contribution >= 0.6 is 0 Å². The van der Waals surface area contributed by atoms with E-state index in [0.717, 1.165) is 59.6 Å². The van der Waals surface area contributed by atoms with Gasteiger partial charge in [-0.05, 0) is 55.9 Å². The Morgan fingerprint density at radius 3 is 2.55 bits per heavy atom. The van der Waals surface area contributed by atoms with E-state index in [1.807, 2.05) is 14.0 Å². The highest BCUT2D eigenvalue weighted by atomic mass is 19.1. The van der Waals surface area contributed by atoms with Crippen molar-refractivity contribution in [1.82, 2.24) is 19.9 Å².